The Morgan fingerprint density at radius 2 is 1.64 bits per heavy atom. The number of rotatable bonds is 5. The van der Waals surface area contributed by atoms with E-state index in [0.29, 0.717) is 11.6 Å². The number of anilines is 1. The third-order valence-corrected chi connectivity index (χ3v) is 4.48. The second-order valence-corrected chi connectivity index (χ2v) is 6.66. The monoisotopic (exact) mass is 373 g/mol. The minimum absolute atomic E-state index is 0.245. The Morgan fingerprint density at radius 3 is 2.29 bits per heavy atom. The van der Waals surface area contributed by atoms with Gasteiger partial charge in [0.25, 0.3) is 0 Å². The van der Waals surface area contributed by atoms with Crippen LogP contribution < -0.4 is 5.32 Å². The molecule has 0 amide bonds. The molecule has 28 heavy (non-hydrogen) atoms. The lowest BCUT2D eigenvalue weighted by molar-refractivity contribution is 0.624. The summed E-state index contributed by atoms with van der Waals surface area (Å²) in [5.41, 5.74) is 3.75. The average Bonchev–Trinajstić information content (AvgIpc) is 3.05. The van der Waals surface area contributed by atoms with E-state index in [1.165, 1.54) is 12.1 Å². The zero-order valence-electron chi connectivity index (χ0n) is 15.7. The Hall–Kier alpha value is -3.54. The van der Waals surface area contributed by atoms with Crippen molar-refractivity contribution in [2.24, 2.45) is 0 Å². The molecule has 2 heterocycles. The normalized spacial score (nSPS) is 12.0. The molecule has 2 aromatic carbocycles. The predicted octanol–water partition coefficient (Wildman–Crippen LogP) is 4.62. The lowest BCUT2D eigenvalue weighted by atomic mass is 9.98. The van der Waals surface area contributed by atoms with Gasteiger partial charge in [0.15, 0.2) is 5.82 Å². The van der Waals surface area contributed by atoms with Crippen molar-refractivity contribution in [1.82, 2.24) is 20.0 Å². The van der Waals surface area contributed by atoms with Crippen LogP contribution in [0.3, 0.4) is 0 Å². The van der Waals surface area contributed by atoms with Crippen molar-refractivity contribution in [2.45, 2.75) is 19.9 Å². The Balaban J connectivity index is 1.64. The van der Waals surface area contributed by atoms with Crippen LogP contribution in [-0.2, 0) is 0 Å². The van der Waals surface area contributed by atoms with Gasteiger partial charge in [-0.15, -0.1) is 10.2 Å². The Bertz CT molecular complexity index is 1070. The number of nitrogens with one attached hydrogen (secondary N) is 1. The van der Waals surface area contributed by atoms with E-state index in [0.717, 1.165) is 22.5 Å². The number of aromatic nitrogens is 4. The Labute approximate surface area is 162 Å². The molecule has 1 atom stereocenters. The van der Waals surface area contributed by atoms with Crippen LogP contribution in [-0.4, -0.2) is 20.0 Å². The smallest absolute Gasteiger partial charge is 0.176 e. The molecule has 0 saturated carbocycles. The van der Waals surface area contributed by atoms with Gasteiger partial charge in [0.05, 0.1) is 11.7 Å². The molecule has 1 unspecified atom stereocenters. The highest BCUT2D eigenvalue weighted by Crippen LogP contribution is 2.26. The maximum atomic E-state index is 13.8. The molecule has 4 rings (SSSR count). The van der Waals surface area contributed by atoms with Crippen molar-refractivity contribution in [1.29, 1.82) is 0 Å². The molecule has 0 spiro atoms. The topological polar surface area (TPSA) is 55.6 Å². The average molecular weight is 373 g/mol. The van der Waals surface area contributed by atoms with E-state index >= 15 is 0 Å². The Morgan fingerprint density at radius 1 is 0.857 bits per heavy atom. The van der Waals surface area contributed by atoms with E-state index in [4.69, 9.17) is 0 Å². The van der Waals surface area contributed by atoms with Crippen LogP contribution in [0.1, 0.15) is 28.6 Å². The molecule has 0 saturated heterocycles. The van der Waals surface area contributed by atoms with Crippen LogP contribution in [0.5, 0.6) is 0 Å². The van der Waals surface area contributed by atoms with Gasteiger partial charge in [0, 0.05) is 5.69 Å². The van der Waals surface area contributed by atoms with E-state index < -0.39 is 0 Å². The summed E-state index contributed by atoms with van der Waals surface area (Å²) in [7, 11) is 0. The standard InChI is InChI=1S/C22H20FN5/c1-15-13-16(2)28(27-15)21-12-11-20(25-26-21)24-22(17-7-4-3-5-8-17)18-9-6-10-19(23)14-18/h3-14,22H,1-2H3,(H,24,25). The van der Waals surface area contributed by atoms with Crippen LogP contribution in [0.4, 0.5) is 10.2 Å². The highest BCUT2D eigenvalue weighted by molar-refractivity contribution is 5.45. The molecule has 6 heteroatoms. The predicted molar refractivity (Wildman–Crippen MR) is 107 cm³/mol. The summed E-state index contributed by atoms with van der Waals surface area (Å²) in [6, 6.07) is 21.9. The van der Waals surface area contributed by atoms with Gasteiger partial charge in [-0.2, -0.15) is 5.10 Å². The molecule has 4 aromatic rings. The summed E-state index contributed by atoms with van der Waals surface area (Å²) in [5.74, 6) is 0.979. The highest BCUT2D eigenvalue weighted by Gasteiger charge is 2.16. The number of aryl methyl sites for hydroxylation is 2. The molecule has 5 nitrogen and oxygen atoms in total. The van der Waals surface area contributed by atoms with Gasteiger partial charge in [-0.3, -0.25) is 0 Å². The molecule has 0 aliphatic carbocycles. The number of benzene rings is 2. The van der Waals surface area contributed by atoms with Gasteiger partial charge in [-0.05, 0) is 55.3 Å². The Kier molecular flexibility index (Phi) is 4.85. The molecule has 0 radical (unpaired) electrons. The third-order valence-electron chi connectivity index (χ3n) is 4.48. The number of nitrogens with zero attached hydrogens (tertiary/aromatic N) is 4. The molecule has 1 N–H and O–H groups in total. The number of hydrogen-bond acceptors (Lipinski definition) is 4. The maximum absolute atomic E-state index is 13.8. The van der Waals surface area contributed by atoms with Crippen LogP contribution >= 0.6 is 0 Å². The largest absolute Gasteiger partial charge is 0.358 e. The molecule has 0 aliphatic rings. The van der Waals surface area contributed by atoms with E-state index in [2.05, 4.69) is 20.6 Å². The van der Waals surface area contributed by atoms with Crippen LogP contribution in [0, 0.1) is 19.7 Å². The molecule has 2 aromatic heterocycles. The number of hydrogen-bond donors (Lipinski definition) is 1. The fourth-order valence-electron chi connectivity index (χ4n) is 3.21. The van der Waals surface area contributed by atoms with Crippen LogP contribution in [0.25, 0.3) is 5.82 Å². The lowest BCUT2D eigenvalue weighted by Crippen LogP contribution is -2.14. The SMILES string of the molecule is Cc1cc(C)n(-c2ccc(NC(c3ccccc3)c3cccc(F)c3)nn2)n1. The van der Waals surface area contributed by atoms with Crippen molar-refractivity contribution >= 4 is 5.82 Å². The summed E-state index contributed by atoms with van der Waals surface area (Å²) < 4.78 is 15.6. The van der Waals surface area contributed by atoms with Crippen molar-refractivity contribution < 1.29 is 4.39 Å². The minimum atomic E-state index is -0.272. The van der Waals surface area contributed by atoms with Crippen LogP contribution in [0.2, 0.25) is 0 Å². The minimum Gasteiger partial charge on any atom is -0.358 e. The van der Waals surface area contributed by atoms with E-state index in [1.807, 2.05) is 68.4 Å². The first-order chi connectivity index (χ1) is 13.6. The zero-order chi connectivity index (χ0) is 19.5. The molecular formula is C22H20FN5. The molecule has 0 aliphatic heterocycles. The zero-order valence-corrected chi connectivity index (χ0v) is 15.7. The van der Waals surface area contributed by atoms with Gasteiger partial charge in [-0.25, -0.2) is 9.07 Å². The highest BCUT2D eigenvalue weighted by atomic mass is 19.1. The third kappa shape index (κ3) is 3.76. The van der Waals surface area contributed by atoms with Crippen molar-refractivity contribution in [2.75, 3.05) is 5.32 Å². The summed E-state index contributed by atoms with van der Waals surface area (Å²) in [6.07, 6.45) is 0. The molecule has 0 fully saturated rings. The fraction of sp³-hybridized carbons (Fsp3) is 0.136. The van der Waals surface area contributed by atoms with E-state index in [-0.39, 0.29) is 11.9 Å². The molecule has 140 valence electrons. The lowest BCUT2D eigenvalue weighted by Gasteiger charge is -2.20. The second-order valence-electron chi connectivity index (χ2n) is 6.66. The summed E-state index contributed by atoms with van der Waals surface area (Å²) in [6.45, 7) is 3.92. The molecule has 0 bridgehead atoms. The summed E-state index contributed by atoms with van der Waals surface area (Å²) in [4.78, 5) is 0. The first kappa shape index (κ1) is 17.9. The van der Waals surface area contributed by atoms with Gasteiger partial charge in [0.2, 0.25) is 0 Å². The molecular weight excluding hydrogens is 353 g/mol. The summed E-state index contributed by atoms with van der Waals surface area (Å²) in [5, 5.41) is 16.4. The van der Waals surface area contributed by atoms with Gasteiger partial charge < -0.3 is 5.32 Å². The van der Waals surface area contributed by atoms with Gasteiger partial charge in [0.1, 0.15) is 11.6 Å². The van der Waals surface area contributed by atoms with E-state index in [9.17, 15) is 4.39 Å². The fourth-order valence-corrected chi connectivity index (χ4v) is 3.21. The van der Waals surface area contributed by atoms with E-state index in [1.54, 1.807) is 10.7 Å². The number of halogens is 1. The van der Waals surface area contributed by atoms with Crippen molar-refractivity contribution in [3.63, 3.8) is 0 Å². The van der Waals surface area contributed by atoms with Gasteiger partial charge >= 0.3 is 0 Å². The second kappa shape index (κ2) is 7.60. The van der Waals surface area contributed by atoms with Crippen LogP contribution in [0.15, 0.2) is 72.8 Å². The van der Waals surface area contributed by atoms with Crippen molar-refractivity contribution in [3.05, 3.63) is 101 Å². The van der Waals surface area contributed by atoms with Crippen molar-refractivity contribution in [3.8, 4) is 5.82 Å². The first-order valence-electron chi connectivity index (χ1n) is 9.04. The van der Waals surface area contributed by atoms with Gasteiger partial charge in [-0.1, -0.05) is 42.5 Å². The maximum Gasteiger partial charge on any atom is 0.176 e. The summed E-state index contributed by atoms with van der Waals surface area (Å²) >= 11 is 0. The first-order valence-corrected chi connectivity index (χ1v) is 9.04. The quantitative estimate of drug-likeness (QED) is 0.555.